The summed E-state index contributed by atoms with van der Waals surface area (Å²) in [5, 5.41) is 0. The molecular weight excluding hydrogens is 251 g/mol. The fourth-order valence-corrected chi connectivity index (χ4v) is 0.747. The molecule has 0 radical (unpaired) electrons. The standard InChI is InChI=1S/C9H11F5O3/c1-3-16-7(17-4-2)5-6(15)8(10,11)9(12,13)14/h5H,3-4H2,1-2H3. The fraction of sp³-hybridized carbons (Fsp3) is 0.667. The summed E-state index contributed by atoms with van der Waals surface area (Å²) in [5.41, 5.74) is 0. The number of hydrogen-bond donors (Lipinski definition) is 0. The Balaban J connectivity index is 4.97. The van der Waals surface area contributed by atoms with Crippen LogP contribution in [-0.2, 0) is 14.3 Å². The zero-order valence-corrected chi connectivity index (χ0v) is 9.11. The largest absolute Gasteiger partial charge is 0.466 e. The van der Waals surface area contributed by atoms with Gasteiger partial charge in [-0.1, -0.05) is 0 Å². The Morgan fingerprint density at radius 1 is 1.06 bits per heavy atom. The minimum atomic E-state index is -5.94. The van der Waals surface area contributed by atoms with Crippen LogP contribution >= 0.6 is 0 Å². The number of rotatable bonds is 6. The average molecular weight is 262 g/mol. The van der Waals surface area contributed by atoms with E-state index in [1.165, 1.54) is 13.8 Å². The van der Waals surface area contributed by atoms with Crippen molar-refractivity contribution in [1.29, 1.82) is 0 Å². The second-order valence-corrected chi connectivity index (χ2v) is 2.77. The third-order valence-corrected chi connectivity index (χ3v) is 1.49. The van der Waals surface area contributed by atoms with E-state index in [4.69, 9.17) is 0 Å². The van der Waals surface area contributed by atoms with E-state index in [-0.39, 0.29) is 19.3 Å². The van der Waals surface area contributed by atoms with Crippen LogP contribution in [0.3, 0.4) is 0 Å². The van der Waals surface area contributed by atoms with Crippen LogP contribution in [0, 0.1) is 0 Å². The van der Waals surface area contributed by atoms with E-state index in [9.17, 15) is 26.7 Å². The predicted octanol–water partition coefficient (Wildman–Crippen LogP) is 2.67. The molecule has 0 aromatic carbocycles. The highest BCUT2D eigenvalue weighted by Gasteiger charge is 2.62. The molecule has 0 atom stereocenters. The van der Waals surface area contributed by atoms with E-state index in [0.29, 0.717) is 0 Å². The molecule has 0 N–H and O–H groups in total. The third kappa shape index (κ3) is 4.20. The molecular formula is C9H11F5O3. The maximum atomic E-state index is 12.5. The molecule has 0 spiro atoms. The first kappa shape index (κ1) is 15.7. The number of allylic oxidation sites excluding steroid dienone is 1. The van der Waals surface area contributed by atoms with Crippen LogP contribution < -0.4 is 0 Å². The van der Waals surface area contributed by atoms with Crippen molar-refractivity contribution >= 4 is 5.78 Å². The number of carbonyl (C=O) groups is 1. The maximum absolute atomic E-state index is 12.5. The lowest BCUT2D eigenvalue weighted by Crippen LogP contribution is -2.43. The summed E-state index contributed by atoms with van der Waals surface area (Å²) in [6.07, 6.45) is -5.94. The smallest absolute Gasteiger partial charge is 0.461 e. The van der Waals surface area contributed by atoms with E-state index in [1.807, 2.05) is 0 Å². The Labute approximate surface area is 94.2 Å². The summed E-state index contributed by atoms with van der Waals surface area (Å²) >= 11 is 0. The highest BCUT2D eigenvalue weighted by atomic mass is 19.4. The summed E-state index contributed by atoms with van der Waals surface area (Å²) in [5.74, 6) is -8.54. The quantitative estimate of drug-likeness (QED) is 0.419. The van der Waals surface area contributed by atoms with Crippen molar-refractivity contribution < 1.29 is 36.2 Å². The van der Waals surface area contributed by atoms with Crippen molar-refractivity contribution in [3.05, 3.63) is 12.0 Å². The molecule has 17 heavy (non-hydrogen) atoms. The molecule has 0 aromatic rings. The molecule has 0 unspecified atom stereocenters. The molecule has 0 saturated heterocycles. The lowest BCUT2D eigenvalue weighted by Gasteiger charge is -2.17. The number of carbonyl (C=O) groups excluding carboxylic acids is 1. The first-order valence-corrected chi connectivity index (χ1v) is 4.63. The van der Waals surface area contributed by atoms with Gasteiger partial charge in [0, 0.05) is 0 Å². The SMILES string of the molecule is CCOC(=CC(=O)C(F)(F)C(F)(F)F)OCC. The second-order valence-electron chi connectivity index (χ2n) is 2.77. The Morgan fingerprint density at radius 2 is 1.47 bits per heavy atom. The van der Waals surface area contributed by atoms with Crippen molar-refractivity contribution in [3.8, 4) is 0 Å². The average Bonchev–Trinajstić information content (AvgIpc) is 2.16. The van der Waals surface area contributed by atoms with Crippen LogP contribution in [0.25, 0.3) is 0 Å². The van der Waals surface area contributed by atoms with Gasteiger partial charge in [0.15, 0.2) is 0 Å². The van der Waals surface area contributed by atoms with Crippen LogP contribution in [0.5, 0.6) is 0 Å². The van der Waals surface area contributed by atoms with Crippen LogP contribution in [0.1, 0.15) is 13.8 Å². The van der Waals surface area contributed by atoms with Gasteiger partial charge in [-0.2, -0.15) is 22.0 Å². The Morgan fingerprint density at radius 3 is 1.76 bits per heavy atom. The highest BCUT2D eigenvalue weighted by Crippen LogP contribution is 2.36. The van der Waals surface area contributed by atoms with Crippen molar-refractivity contribution in [2.45, 2.75) is 25.9 Å². The summed E-state index contributed by atoms with van der Waals surface area (Å²) in [7, 11) is 0. The summed E-state index contributed by atoms with van der Waals surface area (Å²) in [6.45, 7) is 2.85. The zero-order chi connectivity index (χ0) is 13.7. The van der Waals surface area contributed by atoms with Crippen molar-refractivity contribution in [1.82, 2.24) is 0 Å². The molecule has 0 bridgehead atoms. The van der Waals surface area contributed by atoms with Gasteiger partial charge in [-0.15, -0.1) is 0 Å². The summed E-state index contributed by atoms with van der Waals surface area (Å²) in [4.78, 5) is 10.8. The summed E-state index contributed by atoms with van der Waals surface area (Å²) < 4.78 is 69.7. The Kier molecular flexibility index (Phi) is 5.37. The van der Waals surface area contributed by atoms with Crippen molar-refractivity contribution in [2.24, 2.45) is 0 Å². The molecule has 0 saturated carbocycles. The van der Waals surface area contributed by atoms with E-state index in [2.05, 4.69) is 9.47 Å². The molecule has 8 heteroatoms. The molecule has 0 aliphatic heterocycles. The molecule has 0 heterocycles. The van der Waals surface area contributed by atoms with E-state index in [1.54, 1.807) is 0 Å². The summed E-state index contributed by atoms with van der Waals surface area (Å²) in [6, 6.07) is 0. The van der Waals surface area contributed by atoms with Crippen LogP contribution in [-0.4, -0.2) is 31.1 Å². The van der Waals surface area contributed by atoms with Crippen LogP contribution in [0.4, 0.5) is 22.0 Å². The van der Waals surface area contributed by atoms with E-state index in [0.717, 1.165) is 0 Å². The van der Waals surface area contributed by atoms with Crippen LogP contribution in [0.15, 0.2) is 12.0 Å². The monoisotopic (exact) mass is 262 g/mol. The van der Waals surface area contributed by atoms with E-state index >= 15 is 0 Å². The van der Waals surface area contributed by atoms with Gasteiger partial charge in [0.2, 0.25) is 5.78 Å². The number of hydrogen-bond acceptors (Lipinski definition) is 3. The first-order valence-electron chi connectivity index (χ1n) is 4.63. The third-order valence-electron chi connectivity index (χ3n) is 1.49. The maximum Gasteiger partial charge on any atom is 0.461 e. The van der Waals surface area contributed by atoms with Crippen molar-refractivity contribution in [2.75, 3.05) is 13.2 Å². The first-order chi connectivity index (χ1) is 7.66. The molecule has 0 fully saturated rings. The fourth-order valence-electron chi connectivity index (χ4n) is 0.747. The van der Waals surface area contributed by atoms with Gasteiger partial charge >= 0.3 is 12.1 Å². The van der Waals surface area contributed by atoms with Crippen LogP contribution in [0.2, 0.25) is 0 Å². The second kappa shape index (κ2) is 5.83. The Bertz CT molecular complexity index is 287. The van der Waals surface area contributed by atoms with Crippen molar-refractivity contribution in [3.63, 3.8) is 0 Å². The van der Waals surface area contributed by atoms with Gasteiger partial charge in [0.1, 0.15) is 0 Å². The number of ether oxygens (including phenoxy) is 2. The zero-order valence-electron chi connectivity index (χ0n) is 9.11. The number of ketones is 1. The highest BCUT2D eigenvalue weighted by molar-refractivity contribution is 5.96. The van der Waals surface area contributed by atoms with Gasteiger partial charge < -0.3 is 9.47 Å². The van der Waals surface area contributed by atoms with Gasteiger partial charge in [0.05, 0.1) is 19.3 Å². The minimum Gasteiger partial charge on any atom is -0.466 e. The normalized spacial score (nSPS) is 11.9. The number of alkyl halides is 5. The lowest BCUT2D eigenvalue weighted by atomic mass is 10.2. The van der Waals surface area contributed by atoms with Gasteiger partial charge in [0.25, 0.3) is 5.95 Å². The predicted molar refractivity (Wildman–Crippen MR) is 47.3 cm³/mol. The van der Waals surface area contributed by atoms with Gasteiger partial charge in [-0.3, -0.25) is 4.79 Å². The molecule has 0 aliphatic rings. The lowest BCUT2D eigenvalue weighted by molar-refractivity contribution is -0.266. The molecule has 0 rings (SSSR count). The molecule has 0 aromatic heterocycles. The number of halogens is 5. The molecule has 0 amide bonds. The van der Waals surface area contributed by atoms with Gasteiger partial charge in [-0.05, 0) is 13.8 Å². The van der Waals surface area contributed by atoms with Gasteiger partial charge in [-0.25, -0.2) is 0 Å². The molecule has 0 aliphatic carbocycles. The molecule has 3 nitrogen and oxygen atoms in total. The Hall–Kier alpha value is -1.34. The topological polar surface area (TPSA) is 35.5 Å². The minimum absolute atomic E-state index is 0.000486. The molecule has 100 valence electrons. The van der Waals surface area contributed by atoms with E-state index < -0.39 is 23.8 Å².